The van der Waals surface area contributed by atoms with Crippen molar-refractivity contribution in [1.82, 2.24) is 14.9 Å². The topological polar surface area (TPSA) is 56.2 Å². The van der Waals surface area contributed by atoms with Crippen molar-refractivity contribution in [2.24, 2.45) is 5.92 Å². The molecule has 1 N–H and O–H groups in total. The lowest BCUT2D eigenvalue weighted by Crippen LogP contribution is -2.34. The first-order valence-electron chi connectivity index (χ1n) is 8.26. The van der Waals surface area contributed by atoms with Crippen molar-refractivity contribution in [3.63, 3.8) is 0 Å². The molecule has 5 heteroatoms. The van der Waals surface area contributed by atoms with Gasteiger partial charge in [0.1, 0.15) is 11.6 Å². The molecule has 122 valence electrons. The van der Waals surface area contributed by atoms with E-state index in [1.165, 1.54) is 0 Å². The summed E-state index contributed by atoms with van der Waals surface area (Å²) in [5.74, 6) is 2.06. The number of carbonyl (C=O) groups is 1. The lowest BCUT2D eigenvalue weighted by molar-refractivity contribution is -0.125. The molecule has 0 spiro atoms. The minimum absolute atomic E-state index is 0.0212. The maximum absolute atomic E-state index is 12.5. The largest absolute Gasteiger partial charge is 0.493 e. The smallest absolute Gasteiger partial charge is 0.223 e. The molecule has 0 aliphatic carbocycles. The fourth-order valence-electron chi connectivity index (χ4n) is 3.02. The van der Waals surface area contributed by atoms with Crippen LogP contribution in [0.5, 0.6) is 5.75 Å². The number of amides is 1. The van der Waals surface area contributed by atoms with Gasteiger partial charge in [0.15, 0.2) is 0 Å². The van der Waals surface area contributed by atoms with E-state index < -0.39 is 0 Å². The first-order valence-corrected chi connectivity index (χ1v) is 8.26. The summed E-state index contributed by atoms with van der Waals surface area (Å²) in [4.78, 5) is 16.7. The molecule has 0 unspecified atom stereocenters. The SMILES string of the molecule is CCc1nccn1CCNC(=O)[C@H]1CCOc2ccccc2C1. The highest BCUT2D eigenvalue weighted by atomic mass is 16.5. The molecule has 0 fully saturated rings. The van der Waals surface area contributed by atoms with Crippen LogP contribution in [-0.4, -0.2) is 28.6 Å². The summed E-state index contributed by atoms with van der Waals surface area (Å²) in [7, 11) is 0. The zero-order chi connectivity index (χ0) is 16.1. The van der Waals surface area contributed by atoms with Crippen molar-refractivity contribution in [1.29, 1.82) is 0 Å². The van der Waals surface area contributed by atoms with Crippen molar-refractivity contribution in [3.05, 3.63) is 48.0 Å². The number of benzene rings is 1. The van der Waals surface area contributed by atoms with Crippen LogP contribution in [0, 0.1) is 5.92 Å². The van der Waals surface area contributed by atoms with E-state index in [0.717, 1.165) is 42.9 Å². The third-order valence-electron chi connectivity index (χ3n) is 4.30. The van der Waals surface area contributed by atoms with Crippen LogP contribution in [0.1, 0.15) is 24.7 Å². The van der Waals surface area contributed by atoms with Gasteiger partial charge in [0.25, 0.3) is 0 Å². The molecule has 1 aromatic carbocycles. The van der Waals surface area contributed by atoms with Crippen LogP contribution in [0.4, 0.5) is 0 Å². The van der Waals surface area contributed by atoms with Crippen molar-refractivity contribution >= 4 is 5.91 Å². The Hall–Kier alpha value is -2.30. The number of para-hydroxylation sites is 1. The highest BCUT2D eigenvalue weighted by Gasteiger charge is 2.23. The predicted molar refractivity (Wildman–Crippen MR) is 88.4 cm³/mol. The number of nitrogens with one attached hydrogen (secondary N) is 1. The lowest BCUT2D eigenvalue weighted by atomic mass is 9.96. The summed E-state index contributed by atoms with van der Waals surface area (Å²) in [5, 5.41) is 3.06. The Morgan fingerprint density at radius 1 is 1.43 bits per heavy atom. The highest BCUT2D eigenvalue weighted by molar-refractivity contribution is 5.79. The number of nitrogens with zero attached hydrogens (tertiary/aromatic N) is 2. The zero-order valence-electron chi connectivity index (χ0n) is 13.5. The molecule has 1 aliphatic rings. The molecular formula is C18H23N3O2. The molecule has 2 heterocycles. The summed E-state index contributed by atoms with van der Waals surface area (Å²) in [6.07, 6.45) is 6.16. The van der Waals surface area contributed by atoms with E-state index in [0.29, 0.717) is 13.2 Å². The molecule has 0 bridgehead atoms. The van der Waals surface area contributed by atoms with E-state index in [1.807, 2.05) is 30.5 Å². The predicted octanol–water partition coefficient (Wildman–Crippen LogP) is 2.20. The molecule has 0 saturated heterocycles. The van der Waals surface area contributed by atoms with Crippen LogP contribution in [0.2, 0.25) is 0 Å². The number of carbonyl (C=O) groups excluding carboxylic acids is 1. The molecule has 1 atom stereocenters. The van der Waals surface area contributed by atoms with E-state index in [4.69, 9.17) is 4.74 Å². The van der Waals surface area contributed by atoms with Crippen LogP contribution < -0.4 is 10.1 Å². The average Bonchev–Trinajstić information content (AvgIpc) is 2.91. The second kappa shape index (κ2) is 7.31. The van der Waals surface area contributed by atoms with Crippen LogP contribution in [-0.2, 0) is 24.2 Å². The van der Waals surface area contributed by atoms with Gasteiger partial charge in [0.05, 0.1) is 6.61 Å². The second-order valence-electron chi connectivity index (χ2n) is 5.83. The molecule has 23 heavy (non-hydrogen) atoms. The van der Waals surface area contributed by atoms with Gasteiger partial charge in [-0.25, -0.2) is 4.98 Å². The van der Waals surface area contributed by atoms with Crippen LogP contribution in [0.3, 0.4) is 0 Å². The minimum Gasteiger partial charge on any atom is -0.493 e. The molecule has 2 aromatic rings. The van der Waals surface area contributed by atoms with Crippen molar-refractivity contribution in [2.75, 3.05) is 13.2 Å². The van der Waals surface area contributed by atoms with Crippen molar-refractivity contribution in [2.45, 2.75) is 32.7 Å². The van der Waals surface area contributed by atoms with E-state index in [9.17, 15) is 4.79 Å². The third-order valence-corrected chi connectivity index (χ3v) is 4.30. The number of hydrogen-bond acceptors (Lipinski definition) is 3. The van der Waals surface area contributed by atoms with Gasteiger partial charge >= 0.3 is 0 Å². The van der Waals surface area contributed by atoms with Gasteiger partial charge < -0.3 is 14.6 Å². The number of hydrogen-bond donors (Lipinski definition) is 1. The first kappa shape index (κ1) is 15.6. The lowest BCUT2D eigenvalue weighted by Gasteiger charge is -2.14. The van der Waals surface area contributed by atoms with Gasteiger partial charge in [0.2, 0.25) is 5.91 Å². The Labute approximate surface area is 136 Å². The number of fused-ring (bicyclic) bond motifs is 1. The first-order chi connectivity index (χ1) is 11.3. The van der Waals surface area contributed by atoms with Crippen LogP contribution in [0.15, 0.2) is 36.7 Å². The monoisotopic (exact) mass is 313 g/mol. The molecule has 3 rings (SSSR count). The van der Waals surface area contributed by atoms with Gasteiger partial charge in [-0.2, -0.15) is 0 Å². The Morgan fingerprint density at radius 3 is 3.17 bits per heavy atom. The summed E-state index contributed by atoms with van der Waals surface area (Å²) in [6, 6.07) is 7.98. The fraction of sp³-hybridized carbons (Fsp3) is 0.444. The standard InChI is InChI=1S/C18H23N3O2/c1-2-17-19-8-10-21(17)11-9-20-18(22)15-7-12-23-16-6-4-3-5-14(16)13-15/h3-6,8,10,15H,2,7,9,11-13H2,1H3,(H,20,22)/t15-/m0/s1. The number of aromatic nitrogens is 2. The van der Waals surface area contributed by atoms with Crippen molar-refractivity contribution < 1.29 is 9.53 Å². The molecular weight excluding hydrogens is 290 g/mol. The van der Waals surface area contributed by atoms with Gasteiger partial charge in [-0.05, 0) is 24.5 Å². The molecule has 1 aromatic heterocycles. The third kappa shape index (κ3) is 3.73. The van der Waals surface area contributed by atoms with Crippen LogP contribution >= 0.6 is 0 Å². The Bertz CT molecular complexity index is 666. The van der Waals surface area contributed by atoms with E-state index in [2.05, 4.69) is 21.8 Å². The van der Waals surface area contributed by atoms with E-state index in [1.54, 1.807) is 6.20 Å². The maximum Gasteiger partial charge on any atom is 0.223 e. The molecule has 5 nitrogen and oxygen atoms in total. The summed E-state index contributed by atoms with van der Waals surface area (Å²) < 4.78 is 7.82. The van der Waals surface area contributed by atoms with E-state index in [-0.39, 0.29) is 11.8 Å². The molecule has 0 radical (unpaired) electrons. The number of aryl methyl sites for hydroxylation is 1. The summed E-state index contributed by atoms with van der Waals surface area (Å²) in [6.45, 7) is 4.06. The van der Waals surface area contributed by atoms with Gasteiger partial charge in [-0.1, -0.05) is 25.1 Å². The molecule has 0 saturated carbocycles. The molecule has 1 amide bonds. The normalized spacial score (nSPS) is 17.0. The van der Waals surface area contributed by atoms with Gasteiger partial charge in [0, 0.05) is 37.8 Å². The number of rotatable bonds is 5. The van der Waals surface area contributed by atoms with Gasteiger partial charge in [-0.15, -0.1) is 0 Å². The second-order valence-corrected chi connectivity index (χ2v) is 5.83. The fourth-order valence-corrected chi connectivity index (χ4v) is 3.02. The number of ether oxygens (including phenoxy) is 1. The molecule has 1 aliphatic heterocycles. The quantitative estimate of drug-likeness (QED) is 0.921. The van der Waals surface area contributed by atoms with Crippen LogP contribution in [0.25, 0.3) is 0 Å². The Balaban J connectivity index is 1.54. The maximum atomic E-state index is 12.5. The summed E-state index contributed by atoms with van der Waals surface area (Å²) >= 11 is 0. The Morgan fingerprint density at radius 2 is 2.30 bits per heavy atom. The minimum atomic E-state index is -0.0212. The van der Waals surface area contributed by atoms with Crippen molar-refractivity contribution in [3.8, 4) is 5.75 Å². The summed E-state index contributed by atoms with van der Waals surface area (Å²) in [5.41, 5.74) is 1.12. The van der Waals surface area contributed by atoms with E-state index >= 15 is 0 Å². The number of imidazole rings is 1. The highest BCUT2D eigenvalue weighted by Crippen LogP contribution is 2.26. The van der Waals surface area contributed by atoms with Gasteiger partial charge in [-0.3, -0.25) is 4.79 Å². The zero-order valence-corrected chi connectivity index (χ0v) is 13.5. The Kier molecular flexibility index (Phi) is 4.95. The average molecular weight is 313 g/mol.